The molecule has 11 nitrogen and oxygen atoms in total. The Bertz CT molecular complexity index is 2130. The van der Waals surface area contributed by atoms with Crippen LogP contribution in [-0.2, 0) is 44.4 Å². The van der Waals surface area contributed by atoms with Crippen LogP contribution in [0.3, 0.4) is 0 Å². The molecule has 1 unspecified atom stereocenters. The minimum atomic E-state index is -3.67. The predicted octanol–water partition coefficient (Wildman–Crippen LogP) is 6.48. The molecule has 2 bridgehead atoms. The van der Waals surface area contributed by atoms with E-state index in [4.69, 9.17) is 25.8 Å². The van der Waals surface area contributed by atoms with Crippen LogP contribution in [0.4, 0.5) is 5.69 Å². The smallest absolute Gasteiger partial charge is 0.286 e. The molecule has 0 radical (unpaired) electrons. The summed E-state index contributed by atoms with van der Waals surface area (Å²) in [4.78, 5) is 30.4. The highest BCUT2D eigenvalue weighted by atomic mass is 35.5. The Kier molecular flexibility index (Phi) is 10.7. The maximum Gasteiger partial charge on any atom is 0.286 e. The molecule has 0 saturated heterocycles. The molecule has 5 aliphatic rings. The lowest BCUT2D eigenvalue weighted by atomic mass is 9.68. The van der Waals surface area contributed by atoms with Crippen LogP contribution in [0.2, 0.25) is 5.02 Å². The number of methoxy groups -OCH3 is 1. The van der Waals surface area contributed by atoms with Crippen molar-refractivity contribution in [2.75, 3.05) is 38.3 Å². The Morgan fingerprint density at radius 2 is 2.02 bits per heavy atom. The number of aromatic nitrogens is 1. The normalized spacial score (nSPS) is 32.5. The standard InChI is InChI=1S/C42H51ClN4O7S/c1-26-6-4-8-38(48)35-12-9-30(35)19-47-24-42(15-5-7-28-16-32(43)11-13-36(28)42)25-54-39-14-10-29(18-37(39)47)40(49)44-55(51,27(26)2)45-41(50)31-17-33-22-53-34(23-52-3)21-46(33)20-31/h4,8,10-11,13-14,16-18,20,26-27,30,34-35,38,48H,5-7,9,12,15,19,21-25H2,1-3H3,(H,44,45,49,50,51)/b8-4+/t26-,27+,30-,34-,35+,38-,42-,55?/m0/s1. The summed E-state index contributed by atoms with van der Waals surface area (Å²) in [5, 5.41) is 11.5. The second-order valence-corrected chi connectivity index (χ2v) is 19.0. The number of nitrogens with one attached hydrogen (secondary N) is 1. The van der Waals surface area contributed by atoms with Crippen molar-refractivity contribution in [1.29, 1.82) is 0 Å². The second-order valence-electron chi connectivity index (χ2n) is 16.3. The number of anilines is 1. The molecule has 4 heterocycles. The summed E-state index contributed by atoms with van der Waals surface area (Å²) < 4.78 is 41.8. The number of benzene rings is 2. The number of aliphatic hydroxyl groups is 1. The number of aliphatic hydroxyl groups excluding tert-OH is 1. The van der Waals surface area contributed by atoms with Crippen LogP contribution in [0.5, 0.6) is 5.75 Å². The number of nitrogens with zero attached hydrogens (tertiary/aromatic N) is 3. The molecule has 2 aliphatic carbocycles. The van der Waals surface area contributed by atoms with Gasteiger partial charge in [0.15, 0.2) is 0 Å². The van der Waals surface area contributed by atoms with E-state index < -0.39 is 33.1 Å². The van der Waals surface area contributed by atoms with Crippen LogP contribution in [0, 0.1) is 17.8 Å². The second kappa shape index (κ2) is 15.3. The molecule has 294 valence electrons. The Hall–Kier alpha value is -3.68. The molecule has 3 aromatic rings. The van der Waals surface area contributed by atoms with E-state index in [1.165, 1.54) is 11.1 Å². The van der Waals surface area contributed by atoms with Crippen molar-refractivity contribution in [3.05, 3.63) is 93.8 Å². The number of amides is 2. The number of hydrogen-bond donors (Lipinski definition) is 2. The van der Waals surface area contributed by atoms with Crippen LogP contribution < -0.4 is 14.4 Å². The van der Waals surface area contributed by atoms with Gasteiger partial charge >= 0.3 is 0 Å². The summed E-state index contributed by atoms with van der Waals surface area (Å²) in [6, 6.07) is 13.2. The average molecular weight is 791 g/mol. The van der Waals surface area contributed by atoms with E-state index in [-0.39, 0.29) is 34.8 Å². The first-order valence-electron chi connectivity index (χ1n) is 19.5. The third kappa shape index (κ3) is 7.48. The first kappa shape index (κ1) is 38.2. The zero-order chi connectivity index (χ0) is 38.5. The zero-order valence-electron chi connectivity index (χ0n) is 31.7. The first-order valence-corrected chi connectivity index (χ1v) is 21.5. The van der Waals surface area contributed by atoms with Gasteiger partial charge in [-0.15, -0.1) is 4.36 Å². The van der Waals surface area contributed by atoms with Crippen molar-refractivity contribution < 1.29 is 33.1 Å². The molecule has 1 aromatic heterocycles. The third-order valence-electron chi connectivity index (χ3n) is 12.7. The van der Waals surface area contributed by atoms with E-state index in [1.54, 1.807) is 38.4 Å². The van der Waals surface area contributed by atoms with Gasteiger partial charge in [0.25, 0.3) is 11.8 Å². The Balaban J connectivity index is 1.17. The van der Waals surface area contributed by atoms with Gasteiger partial charge in [-0.05, 0) is 111 Å². The maximum atomic E-state index is 15.0. The van der Waals surface area contributed by atoms with Crippen molar-refractivity contribution in [1.82, 2.24) is 9.29 Å². The Labute approximate surface area is 328 Å². The lowest BCUT2D eigenvalue weighted by Crippen LogP contribution is -2.49. The number of halogens is 1. The van der Waals surface area contributed by atoms with Crippen molar-refractivity contribution in [3.8, 4) is 5.75 Å². The summed E-state index contributed by atoms with van der Waals surface area (Å²) in [6.07, 6.45) is 10.0. The number of ether oxygens (including phenoxy) is 3. The van der Waals surface area contributed by atoms with Crippen LogP contribution in [0.1, 0.15) is 83.5 Å². The molecule has 1 spiro atoms. The van der Waals surface area contributed by atoms with Crippen LogP contribution >= 0.6 is 11.6 Å². The number of fused-ring (bicyclic) bond motifs is 5. The molecule has 13 heteroatoms. The van der Waals surface area contributed by atoms with E-state index >= 15 is 4.21 Å². The van der Waals surface area contributed by atoms with E-state index in [1.807, 2.05) is 35.8 Å². The van der Waals surface area contributed by atoms with Crippen LogP contribution in [0.15, 0.2) is 65.2 Å². The molecular formula is C42H51ClN4O7S. The summed E-state index contributed by atoms with van der Waals surface area (Å²) in [5.41, 5.74) is 4.34. The minimum Gasteiger partial charge on any atom is -0.490 e. The summed E-state index contributed by atoms with van der Waals surface area (Å²) in [7, 11) is -2.05. The molecule has 2 amide bonds. The highest BCUT2D eigenvalue weighted by Gasteiger charge is 2.44. The van der Waals surface area contributed by atoms with Gasteiger partial charge in [0.2, 0.25) is 0 Å². The molecule has 1 fully saturated rings. The van der Waals surface area contributed by atoms with Gasteiger partial charge < -0.3 is 28.8 Å². The third-order valence-corrected chi connectivity index (χ3v) is 15.3. The van der Waals surface area contributed by atoms with Crippen molar-refractivity contribution in [2.45, 2.75) is 88.4 Å². The SMILES string of the molecule is COC[C@@H]1Cn2cc(C(=O)NS3(=O)=NC(=O)c4ccc5c(c4)N(C[C@@H]4CC[C@H]4[C@@H](O)/C=C/C[C@H](C)[C@H]3C)C[C@@]3(CCCc4cc(Cl)ccc43)CO5)cc2CO1. The number of aryl methyl sites for hydroxylation is 1. The molecule has 8 rings (SSSR count). The van der Waals surface area contributed by atoms with E-state index in [0.29, 0.717) is 57.2 Å². The largest absolute Gasteiger partial charge is 0.490 e. The topological polar surface area (TPSA) is 132 Å². The number of carbonyl (C=O) groups is 2. The van der Waals surface area contributed by atoms with Crippen LogP contribution in [-0.4, -0.2) is 76.6 Å². The number of carbonyl (C=O) groups excluding carboxylic acids is 2. The summed E-state index contributed by atoms with van der Waals surface area (Å²) in [6.45, 7) is 6.76. The van der Waals surface area contributed by atoms with Crippen molar-refractivity contribution in [3.63, 3.8) is 0 Å². The summed E-state index contributed by atoms with van der Waals surface area (Å²) >= 11 is 6.46. The zero-order valence-corrected chi connectivity index (χ0v) is 33.3. The number of rotatable bonds is 4. The highest BCUT2D eigenvalue weighted by molar-refractivity contribution is 7.93. The Morgan fingerprint density at radius 1 is 1.16 bits per heavy atom. The van der Waals surface area contributed by atoms with Crippen molar-refractivity contribution >= 4 is 39.0 Å². The fourth-order valence-corrected chi connectivity index (χ4v) is 11.2. The molecule has 8 atom stereocenters. The molecule has 1 saturated carbocycles. The van der Waals surface area contributed by atoms with Gasteiger partial charge in [-0.25, -0.2) is 4.21 Å². The molecular weight excluding hydrogens is 740 g/mol. The number of allylic oxidation sites excluding steroid dienone is 1. The Morgan fingerprint density at radius 3 is 2.82 bits per heavy atom. The fraction of sp³-hybridized carbons (Fsp3) is 0.524. The first-order chi connectivity index (χ1) is 26.4. The van der Waals surface area contributed by atoms with E-state index in [9.17, 15) is 14.7 Å². The quantitative estimate of drug-likeness (QED) is 0.287. The van der Waals surface area contributed by atoms with E-state index in [2.05, 4.69) is 26.1 Å². The average Bonchev–Trinajstić information content (AvgIpc) is 3.52. The van der Waals surface area contributed by atoms with E-state index in [0.717, 1.165) is 48.5 Å². The van der Waals surface area contributed by atoms with Crippen LogP contribution in [0.25, 0.3) is 0 Å². The molecule has 55 heavy (non-hydrogen) atoms. The minimum absolute atomic E-state index is 0.0876. The fourth-order valence-electron chi connectivity index (χ4n) is 9.18. The van der Waals surface area contributed by atoms with Gasteiger partial charge in [-0.3, -0.25) is 14.3 Å². The molecule has 2 aromatic carbocycles. The van der Waals surface area contributed by atoms with Gasteiger partial charge in [-0.2, -0.15) is 0 Å². The highest BCUT2D eigenvalue weighted by Crippen LogP contribution is 2.47. The summed E-state index contributed by atoms with van der Waals surface area (Å²) in [5.74, 6) is -0.500. The van der Waals surface area contributed by atoms with Gasteiger partial charge in [0, 0.05) is 48.1 Å². The van der Waals surface area contributed by atoms with Crippen molar-refractivity contribution in [2.24, 2.45) is 22.1 Å². The number of hydrogen-bond acceptors (Lipinski definition) is 8. The molecule has 3 aliphatic heterocycles. The molecule has 2 N–H and O–H groups in total. The monoisotopic (exact) mass is 790 g/mol. The lowest BCUT2D eigenvalue weighted by molar-refractivity contribution is -0.0382. The lowest BCUT2D eigenvalue weighted by Gasteiger charge is -2.45. The van der Waals surface area contributed by atoms with Gasteiger partial charge in [-0.1, -0.05) is 36.7 Å². The van der Waals surface area contributed by atoms with Gasteiger partial charge in [0.05, 0.1) is 55.1 Å². The van der Waals surface area contributed by atoms with Gasteiger partial charge in [0.1, 0.15) is 15.7 Å². The predicted molar refractivity (Wildman–Crippen MR) is 212 cm³/mol. The maximum absolute atomic E-state index is 15.0.